The van der Waals surface area contributed by atoms with Crippen molar-refractivity contribution in [2.75, 3.05) is 0 Å². The van der Waals surface area contributed by atoms with Crippen LogP contribution in [-0.4, -0.2) is 12.0 Å². The van der Waals surface area contributed by atoms with E-state index >= 15 is 0 Å². The van der Waals surface area contributed by atoms with E-state index in [-0.39, 0.29) is 12.0 Å². The zero-order chi connectivity index (χ0) is 15.8. The minimum Gasteiger partial charge on any atom is -0.491 e. The lowest BCUT2D eigenvalue weighted by Gasteiger charge is -2.10. The van der Waals surface area contributed by atoms with Crippen molar-refractivity contribution in [2.45, 2.75) is 26.5 Å². The average molecular weight is 295 g/mol. The summed E-state index contributed by atoms with van der Waals surface area (Å²) >= 11 is 0. The Balaban J connectivity index is 1.82. The van der Waals surface area contributed by atoms with Crippen LogP contribution < -0.4 is 10.1 Å². The summed E-state index contributed by atoms with van der Waals surface area (Å²) in [5.41, 5.74) is 2.05. The summed E-state index contributed by atoms with van der Waals surface area (Å²) < 4.78 is 5.58. The second-order valence-corrected chi connectivity index (χ2v) is 5.27. The monoisotopic (exact) mass is 295 g/mol. The van der Waals surface area contributed by atoms with E-state index in [0.29, 0.717) is 6.54 Å². The topological polar surface area (TPSA) is 38.3 Å². The third kappa shape index (κ3) is 5.44. The van der Waals surface area contributed by atoms with Crippen molar-refractivity contribution in [1.82, 2.24) is 5.32 Å². The van der Waals surface area contributed by atoms with Gasteiger partial charge in [-0.2, -0.15) is 0 Å². The van der Waals surface area contributed by atoms with Crippen molar-refractivity contribution in [3.63, 3.8) is 0 Å². The molecule has 0 aliphatic heterocycles. The predicted octanol–water partition coefficient (Wildman–Crippen LogP) is 3.80. The van der Waals surface area contributed by atoms with E-state index in [2.05, 4.69) is 5.32 Å². The lowest BCUT2D eigenvalue weighted by Crippen LogP contribution is -2.20. The molecule has 0 unspecified atom stereocenters. The first kappa shape index (κ1) is 15.8. The SMILES string of the molecule is CC(C)Oc1ccc(CNC(=O)/C=C/c2ccccc2)cc1. The smallest absolute Gasteiger partial charge is 0.244 e. The highest BCUT2D eigenvalue weighted by Crippen LogP contribution is 2.13. The summed E-state index contributed by atoms with van der Waals surface area (Å²) in [6, 6.07) is 17.5. The molecule has 0 aromatic heterocycles. The number of nitrogens with one attached hydrogen (secondary N) is 1. The number of ether oxygens (including phenoxy) is 1. The third-order valence-corrected chi connectivity index (χ3v) is 2.99. The highest BCUT2D eigenvalue weighted by Gasteiger charge is 2.00. The van der Waals surface area contributed by atoms with E-state index in [0.717, 1.165) is 16.9 Å². The third-order valence-electron chi connectivity index (χ3n) is 2.99. The first-order valence-electron chi connectivity index (χ1n) is 7.40. The van der Waals surface area contributed by atoms with Gasteiger partial charge in [-0.3, -0.25) is 4.79 Å². The van der Waals surface area contributed by atoms with E-state index in [1.807, 2.05) is 68.4 Å². The zero-order valence-electron chi connectivity index (χ0n) is 13.0. The summed E-state index contributed by atoms with van der Waals surface area (Å²) in [7, 11) is 0. The van der Waals surface area contributed by atoms with Crippen LogP contribution in [0.5, 0.6) is 5.75 Å². The Morgan fingerprint density at radius 2 is 1.77 bits per heavy atom. The molecule has 0 radical (unpaired) electrons. The number of hydrogen-bond acceptors (Lipinski definition) is 2. The van der Waals surface area contributed by atoms with Crippen LogP contribution in [0.2, 0.25) is 0 Å². The average Bonchev–Trinajstić information content (AvgIpc) is 2.53. The Labute approximate surface area is 131 Å². The summed E-state index contributed by atoms with van der Waals surface area (Å²) in [4.78, 5) is 11.8. The van der Waals surface area contributed by atoms with Gasteiger partial charge in [0, 0.05) is 12.6 Å². The van der Waals surface area contributed by atoms with Gasteiger partial charge < -0.3 is 10.1 Å². The molecule has 0 bridgehead atoms. The van der Waals surface area contributed by atoms with Gasteiger partial charge in [-0.1, -0.05) is 42.5 Å². The van der Waals surface area contributed by atoms with Gasteiger partial charge in [0.05, 0.1) is 6.10 Å². The minimum atomic E-state index is -0.105. The van der Waals surface area contributed by atoms with Crippen molar-refractivity contribution in [2.24, 2.45) is 0 Å². The maximum absolute atomic E-state index is 11.8. The van der Waals surface area contributed by atoms with E-state index in [9.17, 15) is 4.79 Å². The fourth-order valence-corrected chi connectivity index (χ4v) is 1.94. The first-order chi connectivity index (χ1) is 10.6. The van der Waals surface area contributed by atoms with Crippen molar-refractivity contribution >= 4 is 12.0 Å². The molecule has 3 heteroatoms. The highest BCUT2D eigenvalue weighted by atomic mass is 16.5. The summed E-state index contributed by atoms with van der Waals surface area (Å²) in [6.07, 6.45) is 3.51. The van der Waals surface area contributed by atoms with Crippen LogP contribution in [0.1, 0.15) is 25.0 Å². The first-order valence-corrected chi connectivity index (χ1v) is 7.40. The fourth-order valence-electron chi connectivity index (χ4n) is 1.94. The molecule has 1 amide bonds. The number of hydrogen-bond donors (Lipinski definition) is 1. The van der Waals surface area contributed by atoms with Gasteiger partial charge in [0.1, 0.15) is 5.75 Å². The molecule has 1 N–H and O–H groups in total. The molecule has 3 nitrogen and oxygen atoms in total. The van der Waals surface area contributed by atoms with E-state index in [4.69, 9.17) is 4.74 Å². The van der Waals surface area contributed by atoms with Crippen LogP contribution in [0.4, 0.5) is 0 Å². The van der Waals surface area contributed by atoms with Gasteiger partial charge in [0.25, 0.3) is 0 Å². The zero-order valence-corrected chi connectivity index (χ0v) is 13.0. The van der Waals surface area contributed by atoms with Crippen molar-refractivity contribution in [3.05, 3.63) is 71.8 Å². The molecule has 0 spiro atoms. The van der Waals surface area contributed by atoms with Crippen molar-refractivity contribution < 1.29 is 9.53 Å². The van der Waals surface area contributed by atoms with Gasteiger partial charge in [-0.25, -0.2) is 0 Å². The van der Waals surface area contributed by atoms with Gasteiger partial charge in [0.2, 0.25) is 5.91 Å². The maximum Gasteiger partial charge on any atom is 0.244 e. The molecule has 0 saturated heterocycles. The lowest BCUT2D eigenvalue weighted by molar-refractivity contribution is -0.116. The Hall–Kier alpha value is -2.55. The molecule has 2 rings (SSSR count). The summed E-state index contributed by atoms with van der Waals surface area (Å²) in [5.74, 6) is 0.736. The molecular formula is C19H21NO2. The Morgan fingerprint density at radius 3 is 2.41 bits per heavy atom. The van der Waals surface area contributed by atoms with E-state index < -0.39 is 0 Å². The molecule has 2 aromatic carbocycles. The molecule has 0 fully saturated rings. The van der Waals surface area contributed by atoms with Crippen LogP contribution in [0.15, 0.2) is 60.7 Å². The van der Waals surface area contributed by atoms with Gasteiger partial charge in [-0.05, 0) is 43.2 Å². The second-order valence-electron chi connectivity index (χ2n) is 5.27. The number of rotatable bonds is 6. The van der Waals surface area contributed by atoms with Crippen LogP contribution in [0.3, 0.4) is 0 Å². The maximum atomic E-state index is 11.8. The molecule has 0 atom stereocenters. The Morgan fingerprint density at radius 1 is 1.09 bits per heavy atom. The van der Waals surface area contributed by atoms with Crippen molar-refractivity contribution in [1.29, 1.82) is 0 Å². The minimum absolute atomic E-state index is 0.105. The van der Waals surface area contributed by atoms with Gasteiger partial charge in [-0.15, -0.1) is 0 Å². The van der Waals surface area contributed by atoms with Crippen molar-refractivity contribution in [3.8, 4) is 5.75 Å². The Kier molecular flexibility index (Phi) is 5.78. The molecule has 114 valence electrons. The van der Waals surface area contributed by atoms with Crippen LogP contribution in [-0.2, 0) is 11.3 Å². The largest absolute Gasteiger partial charge is 0.491 e. The molecule has 0 heterocycles. The normalized spacial score (nSPS) is 10.9. The molecule has 0 aliphatic carbocycles. The number of carbonyl (C=O) groups excluding carboxylic acids is 1. The fraction of sp³-hybridized carbons (Fsp3) is 0.211. The number of amides is 1. The molecular weight excluding hydrogens is 274 g/mol. The standard InChI is InChI=1S/C19H21NO2/c1-15(2)22-18-11-8-17(9-12-18)14-20-19(21)13-10-16-6-4-3-5-7-16/h3-13,15H,14H2,1-2H3,(H,20,21)/b13-10+. The lowest BCUT2D eigenvalue weighted by atomic mass is 10.2. The number of benzene rings is 2. The summed E-state index contributed by atoms with van der Waals surface area (Å²) in [5, 5.41) is 2.86. The summed E-state index contributed by atoms with van der Waals surface area (Å²) in [6.45, 7) is 4.49. The van der Waals surface area contributed by atoms with E-state index in [1.54, 1.807) is 12.2 Å². The molecule has 0 aliphatic rings. The molecule has 2 aromatic rings. The number of carbonyl (C=O) groups is 1. The highest BCUT2D eigenvalue weighted by molar-refractivity contribution is 5.91. The van der Waals surface area contributed by atoms with Crippen LogP contribution >= 0.6 is 0 Å². The molecule has 22 heavy (non-hydrogen) atoms. The quantitative estimate of drug-likeness (QED) is 0.823. The van der Waals surface area contributed by atoms with Gasteiger partial charge in [0.15, 0.2) is 0 Å². The Bertz CT molecular complexity index is 616. The van der Waals surface area contributed by atoms with E-state index in [1.165, 1.54) is 0 Å². The van der Waals surface area contributed by atoms with Crippen LogP contribution in [0, 0.1) is 0 Å². The van der Waals surface area contributed by atoms with Crippen LogP contribution in [0.25, 0.3) is 6.08 Å². The predicted molar refractivity (Wildman–Crippen MR) is 89.5 cm³/mol. The van der Waals surface area contributed by atoms with Gasteiger partial charge >= 0.3 is 0 Å². The second kappa shape index (κ2) is 8.03. The molecule has 0 saturated carbocycles.